The number of rotatable bonds is 3. The smallest absolute Gasteiger partial charge is 0.0972 e. The lowest BCUT2D eigenvalue weighted by Crippen LogP contribution is -1.90. The van der Waals surface area contributed by atoms with Crippen molar-refractivity contribution < 1.29 is 0 Å². The molecule has 1 nitrogen and oxygen atoms in total. The highest BCUT2D eigenvalue weighted by atomic mass is 35.5. The van der Waals surface area contributed by atoms with Crippen LogP contribution in [-0.4, -0.2) is 4.98 Å². The van der Waals surface area contributed by atoms with Crippen LogP contribution in [-0.2, 0) is 6.42 Å². The van der Waals surface area contributed by atoms with Crippen molar-refractivity contribution in [1.29, 1.82) is 0 Å². The lowest BCUT2D eigenvalue weighted by atomic mass is 10.1. The summed E-state index contributed by atoms with van der Waals surface area (Å²) in [7, 11) is 0. The molecule has 0 atom stereocenters. The van der Waals surface area contributed by atoms with Gasteiger partial charge >= 0.3 is 0 Å². The molecule has 0 aliphatic heterocycles. The zero-order valence-corrected chi connectivity index (χ0v) is 11.0. The Morgan fingerprint density at radius 2 is 2.19 bits per heavy atom. The van der Waals surface area contributed by atoms with E-state index >= 15 is 0 Å². The number of nitrogens with zero attached hydrogens (tertiary/aromatic N) is 1. The second-order valence-electron chi connectivity index (χ2n) is 4.13. The molecule has 2 rings (SSSR count). The van der Waals surface area contributed by atoms with Gasteiger partial charge in [-0.05, 0) is 23.6 Å². The fraction of sp³-hybridized carbons (Fsp3) is 0.308. The van der Waals surface area contributed by atoms with Gasteiger partial charge in [0.1, 0.15) is 0 Å². The first-order valence-corrected chi connectivity index (χ1v) is 6.59. The van der Waals surface area contributed by atoms with Crippen LogP contribution in [0.2, 0.25) is 5.02 Å². The molecule has 0 fully saturated rings. The van der Waals surface area contributed by atoms with Crippen molar-refractivity contribution in [2.24, 2.45) is 0 Å². The zero-order valence-electron chi connectivity index (χ0n) is 9.40. The van der Waals surface area contributed by atoms with Gasteiger partial charge in [-0.1, -0.05) is 37.6 Å². The Balaban J connectivity index is 2.14. The fourth-order valence-corrected chi connectivity index (χ4v) is 2.70. The van der Waals surface area contributed by atoms with Crippen LogP contribution in [0.1, 0.15) is 36.0 Å². The van der Waals surface area contributed by atoms with Gasteiger partial charge in [0.05, 0.1) is 10.7 Å². The number of thiazole rings is 1. The van der Waals surface area contributed by atoms with Gasteiger partial charge in [0.25, 0.3) is 0 Å². The van der Waals surface area contributed by atoms with Crippen molar-refractivity contribution in [3.8, 4) is 0 Å². The molecule has 3 heteroatoms. The SMILES string of the molecule is CC(C)c1csc(Cc2cccc(Cl)c2)n1. The molecule has 0 bridgehead atoms. The summed E-state index contributed by atoms with van der Waals surface area (Å²) in [4.78, 5) is 4.61. The van der Waals surface area contributed by atoms with Crippen molar-refractivity contribution in [2.75, 3.05) is 0 Å². The number of hydrogen-bond acceptors (Lipinski definition) is 2. The Kier molecular flexibility index (Phi) is 3.62. The predicted molar refractivity (Wildman–Crippen MR) is 70.5 cm³/mol. The molecule has 2 aromatic rings. The van der Waals surface area contributed by atoms with E-state index in [-0.39, 0.29) is 0 Å². The molecule has 1 aromatic heterocycles. The van der Waals surface area contributed by atoms with E-state index in [0.717, 1.165) is 16.5 Å². The predicted octanol–water partition coefficient (Wildman–Crippen LogP) is 4.51. The largest absolute Gasteiger partial charge is 0.246 e. The van der Waals surface area contributed by atoms with Gasteiger partial charge in [-0.25, -0.2) is 4.98 Å². The summed E-state index contributed by atoms with van der Waals surface area (Å²) in [5.74, 6) is 0.504. The lowest BCUT2D eigenvalue weighted by molar-refractivity contribution is 0.825. The van der Waals surface area contributed by atoms with E-state index in [2.05, 4.69) is 30.3 Å². The molecule has 0 amide bonds. The maximum atomic E-state index is 5.95. The molecule has 0 spiro atoms. The van der Waals surface area contributed by atoms with Crippen molar-refractivity contribution in [3.05, 3.63) is 50.9 Å². The van der Waals surface area contributed by atoms with E-state index in [0.29, 0.717) is 5.92 Å². The minimum atomic E-state index is 0.504. The maximum absolute atomic E-state index is 5.95. The lowest BCUT2D eigenvalue weighted by Gasteiger charge is -1.99. The monoisotopic (exact) mass is 251 g/mol. The first kappa shape index (κ1) is 11.6. The molecule has 0 radical (unpaired) electrons. The minimum Gasteiger partial charge on any atom is -0.246 e. The Bertz CT molecular complexity index is 476. The second kappa shape index (κ2) is 4.98. The van der Waals surface area contributed by atoms with E-state index < -0.39 is 0 Å². The first-order valence-electron chi connectivity index (χ1n) is 5.34. The molecule has 16 heavy (non-hydrogen) atoms. The summed E-state index contributed by atoms with van der Waals surface area (Å²) in [5.41, 5.74) is 2.40. The molecule has 0 saturated carbocycles. The molecule has 0 N–H and O–H groups in total. The Labute approximate surface area is 105 Å². The van der Waals surface area contributed by atoms with E-state index in [1.54, 1.807) is 11.3 Å². The van der Waals surface area contributed by atoms with Crippen LogP contribution in [0.4, 0.5) is 0 Å². The van der Waals surface area contributed by atoms with Crippen LogP contribution in [0, 0.1) is 0 Å². The zero-order chi connectivity index (χ0) is 11.5. The van der Waals surface area contributed by atoms with Gasteiger partial charge in [0.15, 0.2) is 0 Å². The number of hydrogen-bond donors (Lipinski definition) is 0. The maximum Gasteiger partial charge on any atom is 0.0972 e. The summed E-state index contributed by atoms with van der Waals surface area (Å²) in [6.07, 6.45) is 0.873. The van der Waals surface area contributed by atoms with Gasteiger partial charge in [-0.2, -0.15) is 0 Å². The minimum absolute atomic E-state index is 0.504. The van der Waals surface area contributed by atoms with E-state index in [9.17, 15) is 0 Å². The van der Waals surface area contributed by atoms with E-state index in [1.807, 2.05) is 18.2 Å². The normalized spacial score (nSPS) is 11.0. The van der Waals surface area contributed by atoms with Crippen molar-refractivity contribution in [2.45, 2.75) is 26.2 Å². The summed E-state index contributed by atoms with van der Waals surface area (Å²) in [5, 5.41) is 4.09. The third-order valence-electron chi connectivity index (χ3n) is 2.41. The van der Waals surface area contributed by atoms with Crippen LogP contribution in [0.15, 0.2) is 29.6 Å². The van der Waals surface area contributed by atoms with Gasteiger partial charge in [0, 0.05) is 16.8 Å². The molecule has 0 aliphatic rings. The molecule has 0 aliphatic carbocycles. The summed E-state index contributed by atoms with van der Waals surface area (Å²) >= 11 is 7.67. The Hall–Kier alpha value is -0.860. The van der Waals surface area contributed by atoms with Gasteiger partial charge in [-0.15, -0.1) is 11.3 Å². The molecule has 84 valence electrons. The van der Waals surface area contributed by atoms with Gasteiger partial charge in [-0.3, -0.25) is 0 Å². The highest BCUT2D eigenvalue weighted by Gasteiger charge is 2.06. The average molecular weight is 252 g/mol. The van der Waals surface area contributed by atoms with Gasteiger partial charge < -0.3 is 0 Å². The van der Waals surface area contributed by atoms with Gasteiger partial charge in [0.2, 0.25) is 0 Å². The average Bonchev–Trinajstić information content (AvgIpc) is 2.66. The highest BCUT2D eigenvalue weighted by Crippen LogP contribution is 2.21. The molecule has 0 saturated heterocycles. The topological polar surface area (TPSA) is 12.9 Å². The molecular weight excluding hydrogens is 238 g/mol. The molecule has 1 heterocycles. The van der Waals surface area contributed by atoms with Crippen molar-refractivity contribution in [3.63, 3.8) is 0 Å². The number of benzene rings is 1. The quantitative estimate of drug-likeness (QED) is 0.782. The Morgan fingerprint density at radius 1 is 1.38 bits per heavy atom. The summed E-state index contributed by atoms with van der Waals surface area (Å²) < 4.78 is 0. The van der Waals surface area contributed by atoms with E-state index in [1.165, 1.54) is 11.3 Å². The van der Waals surface area contributed by atoms with Crippen molar-refractivity contribution >= 4 is 22.9 Å². The third kappa shape index (κ3) is 2.83. The second-order valence-corrected chi connectivity index (χ2v) is 5.51. The molecule has 0 unspecified atom stereocenters. The summed E-state index contributed by atoms with van der Waals surface area (Å²) in [6, 6.07) is 7.96. The third-order valence-corrected chi connectivity index (χ3v) is 3.51. The Morgan fingerprint density at radius 3 is 2.81 bits per heavy atom. The van der Waals surface area contributed by atoms with E-state index in [4.69, 9.17) is 11.6 Å². The fourth-order valence-electron chi connectivity index (χ4n) is 1.49. The molecule has 1 aromatic carbocycles. The highest BCUT2D eigenvalue weighted by molar-refractivity contribution is 7.09. The molecular formula is C13H14ClNS. The van der Waals surface area contributed by atoms with Crippen molar-refractivity contribution in [1.82, 2.24) is 4.98 Å². The number of halogens is 1. The summed E-state index contributed by atoms with van der Waals surface area (Å²) in [6.45, 7) is 4.33. The standard InChI is InChI=1S/C13H14ClNS/c1-9(2)12-8-16-13(15-12)7-10-4-3-5-11(14)6-10/h3-6,8-9H,7H2,1-2H3. The van der Waals surface area contributed by atoms with Crippen LogP contribution in [0.25, 0.3) is 0 Å². The van der Waals surface area contributed by atoms with Crippen LogP contribution in [0.3, 0.4) is 0 Å². The van der Waals surface area contributed by atoms with Crippen LogP contribution in [0.5, 0.6) is 0 Å². The number of aromatic nitrogens is 1. The van der Waals surface area contributed by atoms with Crippen LogP contribution >= 0.6 is 22.9 Å². The van der Waals surface area contributed by atoms with Crippen LogP contribution < -0.4 is 0 Å². The first-order chi connectivity index (χ1) is 7.65.